The predicted octanol–water partition coefficient (Wildman–Crippen LogP) is 1.95. The molecule has 100 valence electrons. The molecule has 0 saturated heterocycles. The second kappa shape index (κ2) is 5.05. The van der Waals surface area contributed by atoms with Gasteiger partial charge in [0.1, 0.15) is 0 Å². The average molecular weight is 261 g/mol. The lowest BCUT2D eigenvalue weighted by Gasteiger charge is -2.05. The maximum atomic E-state index is 10.5. The van der Waals surface area contributed by atoms with Gasteiger partial charge in [-0.15, -0.1) is 0 Å². The van der Waals surface area contributed by atoms with E-state index in [0.29, 0.717) is 6.54 Å². The van der Waals surface area contributed by atoms with Crippen molar-refractivity contribution in [1.29, 1.82) is 0 Å². The van der Waals surface area contributed by atoms with Crippen LogP contribution in [0, 0.1) is 24.0 Å². The molecule has 19 heavy (non-hydrogen) atoms. The SMILES string of the molecule is Cc1nn(C)c(C)c1CNc1ccc([N+](=O)[O-])nc1. The highest BCUT2D eigenvalue weighted by Gasteiger charge is 2.10. The van der Waals surface area contributed by atoms with Crippen molar-refractivity contribution >= 4 is 11.5 Å². The number of aryl methyl sites for hydroxylation is 2. The molecule has 0 amide bonds. The van der Waals surface area contributed by atoms with E-state index in [4.69, 9.17) is 0 Å². The summed E-state index contributed by atoms with van der Waals surface area (Å²) >= 11 is 0. The highest BCUT2D eigenvalue weighted by Crippen LogP contribution is 2.16. The summed E-state index contributed by atoms with van der Waals surface area (Å²) in [5.41, 5.74) is 3.94. The summed E-state index contributed by atoms with van der Waals surface area (Å²) in [5.74, 6) is -0.153. The lowest BCUT2D eigenvalue weighted by atomic mass is 10.2. The van der Waals surface area contributed by atoms with Crippen LogP contribution in [0.4, 0.5) is 11.5 Å². The van der Waals surface area contributed by atoms with Crippen LogP contribution in [0.5, 0.6) is 0 Å². The maximum absolute atomic E-state index is 10.5. The van der Waals surface area contributed by atoms with Gasteiger partial charge in [-0.1, -0.05) is 0 Å². The monoisotopic (exact) mass is 261 g/mol. The summed E-state index contributed by atoms with van der Waals surface area (Å²) in [4.78, 5) is 13.7. The molecule has 0 atom stereocenters. The molecule has 0 aliphatic rings. The smallest absolute Gasteiger partial charge is 0.363 e. The van der Waals surface area contributed by atoms with Gasteiger partial charge in [-0.25, -0.2) is 0 Å². The Kier molecular flexibility index (Phi) is 3.46. The van der Waals surface area contributed by atoms with Gasteiger partial charge in [-0.05, 0) is 29.8 Å². The first-order valence-corrected chi connectivity index (χ1v) is 5.82. The van der Waals surface area contributed by atoms with E-state index in [1.54, 1.807) is 6.07 Å². The Labute approximate surface area is 110 Å². The normalized spacial score (nSPS) is 10.5. The third-order valence-corrected chi connectivity index (χ3v) is 3.06. The summed E-state index contributed by atoms with van der Waals surface area (Å²) in [6.07, 6.45) is 1.46. The summed E-state index contributed by atoms with van der Waals surface area (Å²) in [6.45, 7) is 4.58. The van der Waals surface area contributed by atoms with Crippen molar-refractivity contribution in [3.05, 3.63) is 45.4 Å². The van der Waals surface area contributed by atoms with E-state index in [2.05, 4.69) is 15.4 Å². The molecule has 0 bridgehead atoms. The molecule has 1 N–H and O–H groups in total. The first kappa shape index (κ1) is 13.0. The average Bonchev–Trinajstić information content (AvgIpc) is 2.62. The second-order valence-corrected chi connectivity index (χ2v) is 4.29. The Morgan fingerprint density at radius 2 is 2.16 bits per heavy atom. The standard InChI is InChI=1S/C12H15N5O2/c1-8-11(9(2)16(3)15-8)7-13-10-4-5-12(14-6-10)17(18)19/h4-6,13H,7H2,1-3H3. The quantitative estimate of drug-likeness (QED) is 0.671. The molecular formula is C12H15N5O2. The third kappa shape index (κ3) is 2.70. The van der Waals surface area contributed by atoms with Gasteiger partial charge in [0.15, 0.2) is 6.20 Å². The Balaban J connectivity index is 2.08. The Morgan fingerprint density at radius 1 is 1.42 bits per heavy atom. The first-order valence-electron chi connectivity index (χ1n) is 5.82. The highest BCUT2D eigenvalue weighted by atomic mass is 16.6. The van der Waals surface area contributed by atoms with Gasteiger partial charge in [0.05, 0.1) is 11.4 Å². The molecule has 2 rings (SSSR count). The number of hydrogen-bond donors (Lipinski definition) is 1. The molecule has 0 saturated carbocycles. The summed E-state index contributed by atoms with van der Waals surface area (Å²) in [5, 5.41) is 18.0. The largest absolute Gasteiger partial charge is 0.378 e. The number of nitro groups is 1. The van der Waals surface area contributed by atoms with Crippen molar-refractivity contribution in [2.45, 2.75) is 20.4 Å². The number of anilines is 1. The lowest BCUT2D eigenvalue weighted by molar-refractivity contribution is -0.389. The summed E-state index contributed by atoms with van der Waals surface area (Å²) < 4.78 is 1.83. The molecule has 0 unspecified atom stereocenters. The molecule has 0 fully saturated rings. The lowest BCUT2D eigenvalue weighted by Crippen LogP contribution is -2.03. The van der Waals surface area contributed by atoms with Crippen LogP contribution >= 0.6 is 0 Å². The number of hydrogen-bond acceptors (Lipinski definition) is 5. The van der Waals surface area contributed by atoms with Crippen molar-refractivity contribution in [3.63, 3.8) is 0 Å². The molecule has 2 aromatic rings. The zero-order chi connectivity index (χ0) is 14.0. The van der Waals surface area contributed by atoms with Crippen molar-refractivity contribution in [2.75, 3.05) is 5.32 Å². The number of pyridine rings is 1. The van der Waals surface area contributed by atoms with E-state index in [-0.39, 0.29) is 5.82 Å². The van der Waals surface area contributed by atoms with Crippen LogP contribution in [0.15, 0.2) is 18.3 Å². The second-order valence-electron chi connectivity index (χ2n) is 4.29. The fourth-order valence-electron chi connectivity index (χ4n) is 1.86. The van der Waals surface area contributed by atoms with E-state index in [1.807, 2.05) is 25.6 Å². The van der Waals surface area contributed by atoms with Crippen LogP contribution in [0.25, 0.3) is 0 Å². The minimum absolute atomic E-state index is 0.153. The molecule has 0 spiro atoms. The van der Waals surface area contributed by atoms with Crippen LogP contribution in [-0.2, 0) is 13.6 Å². The number of aromatic nitrogens is 3. The summed E-state index contributed by atoms with van der Waals surface area (Å²) in [6, 6.07) is 3.03. The van der Waals surface area contributed by atoms with Gasteiger partial charge in [0.2, 0.25) is 0 Å². The van der Waals surface area contributed by atoms with Gasteiger partial charge in [0.25, 0.3) is 0 Å². The Morgan fingerprint density at radius 3 is 2.63 bits per heavy atom. The number of rotatable bonds is 4. The van der Waals surface area contributed by atoms with Crippen molar-refractivity contribution in [3.8, 4) is 0 Å². The van der Waals surface area contributed by atoms with Crippen LogP contribution in [-0.4, -0.2) is 19.7 Å². The molecule has 0 aliphatic heterocycles. The van der Waals surface area contributed by atoms with Crippen molar-refractivity contribution in [1.82, 2.24) is 14.8 Å². The van der Waals surface area contributed by atoms with Gasteiger partial charge in [-0.3, -0.25) is 4.68 Å². The minimum atomic E-state index is -0.515. The van der Waals surface area contributed by atoms with Crippen LogP contribution in [0.2, 0.25) is 0 Å². The minimum Gasteiger partial charge on any atom is -0.378 e. The molecule has 7 nitrogen and oxygen atoms in total. The molecular weight excluding hydrogens is 246 g/mol. The van der Waals surface area contributed by atoms with Gasteiger partial charge >= 0.3 is 5.82 Å². The number of nitrogens with one attached hydrogen (secondary N) is 1. The zero-order valence-electron chi connectivity index (χ0n) is 11.0. The molecule has 2 aromatic heterocycles. The van der Waals surface area contributed by atoms with E-state index in [9.17, 15) is 10.1 Å². The van der Waals surface area contributed by atoms with Gasteiger partial charge in [-0.2, -0.15) is 5.10 Å². The Bertz CT molecular complexity index is 603. The highest BCUT2D eigenvalue weighted by molar-refractivity contribution is 5.44. The zero-order valence-corrected chi connectivity index (χ0v) is 11.0. The molecule has 2 heterocycles. The molecule has 0 aliphatic carbocycles. The van der Waals surface area contributed by atoms with Gasteiger partial charge in [0, 0.05) is 30.9 Å². The third-order valence-electron chi connectivity index (χ3n) is 3.06. The van der Waals surface area contributed by atoms with E-state index in [1.165, 1.54) is 12.3 Å². The summed E-state index contributed by atoms with van der Waals surface area (Å²) in [7, 11) is 1.90. The molecule has 7 heteroatoms. The van der Waals surface area contributed by atoms with E-state index >= 15 is 0 Å². The first-order chi connectivity index (χ1) is 8.99. The van der Waals surface area contributed by atoms with Crippen molar-refractivity contribution in [2.24, 2.45) is 7.05 Å². The Hall–Kier alpha value is -2.44. The van der Waals surface area contributed by atoms with E-state index in [0.717, 1.165) is 22.6 Å². The fourth-order valence-corrected chi connectivity index (χ4v) is 1.86. The van der Waals surface area contributed by atoms with Crippen LogP contribution in [0.3, 0.4) is 0 Å². The van der Waals surface area contributed by atoms with Crippen LogP contribution < -0.4 is 5.32 Å². The molecule has 0 radical (unpaired) electrons. The number of nitrogens with zero attached hydrogens (tertiary/aromatic N) is 4. The van der Waals surface area contributed by atoms with E-state index < -0.39 is 4.92 Å². The predicted molar refractivity (Wildman–Crippen MR) is 70.9 cm³/mol. The van der Waals surface area contributed by atoms with Crippen molar-refractivity contribution < 1.29 is 4.92 Å². The maximum Gasteiger partial charge on any atom is 0.363 e. The van der Waals surface area contributed by atoms with Crippen LogP contribution in [0.1, 0.15) is 17.0 Å². The molecule has 0 aromatic carbocycles. The van der Waals surface area contributed by atoms with Gasteiger partial charge < -0.3 is 15.4 Å². The fraction of sp³-hybridized carbons (Fsp3) is 0.333. The topological polar surface area (TPSA) is 85.9 Å².